The van der Waals surface area contributed by atoms with Crippen LogP contribution in [0.3, 0.4) is 0 Å². The third-order valence-electron chi connectivity index (χ3n) is 4.21. The molecule has 0 fully saturated rings. The minimum absolute atomic E-state index is 0.0689. The smallest absolute Gasteiger partial charge is 0.0587 e. The van der Waals surface area contributed by atoms with E-state index in [-0.39, 0.29) is 19.3 Å². The number of aliphatic hydroxyl groups is 2. The molecule has 1 aliphatic rings. The molecule has 0 saturated heterocycles. The molecule has 0 saturated carbocycles. The Bertz CT molecular complexity index is 406. The number of hydrogen-bond donors (Lipinski definition) is 2. The fourth-order valence-electron chi connectivity index (χ4n) is 2.87. The predicted molar refractivity (Wildman–Crippen MR) is 77.4 cm³/mol. The maximum absolute atomic E-state index is 9.30. The molecule has 0 bridgehead atoms. The normalized spacial score (nSPS) is 15.8. The van der Waals surface area contributed by atoms with E-state index in [4.69, 9.17) is 5.11 Å². The van der Waals surface area contributed by atoms with E-state index < -0.39 is 0 Å². The van der Waals surface area contributed by atoms with Gasteiger partial charge in [-0.2, -0.15) is 0 Å². The highest BCUT2D eigenvalue weighted by Gasteiger charge is 2.14. The molecule has 1 aliphatic carbocycles. The average molecular weight is 263 g/mol. The van der Waals surface area contributed by atoms with Crippen molar-refractivity contribution in [2.75, 3.05) is 26.8 Å². The van der Waals surface area contributed by atoms with Crippen LogP contribution in [-0.2, 0) is 19.3 Å². The van der Waals surface area contributed by atoms with Gasteiger partial charge in [0.25, 0.3) is 0 Å². The van der Waals surface area contributed by atoms with Crippen molar-refractivity contribution in [1.82, 2.24) is 4.90 Å². The van der Waals surface area contributed by atoms with Gasteiger partial charge >= 0.3 is 0 Å². The van der Waals surface area contributed by atoms with Crippen LogP contribution < -0.4 is 0 Å². The lowest BCUT2D eigenvalue weighted by atomic mass is 10.0. The lowest BCUT2D eigenvalue weighted by Gasteiger charge is -2.25. The van der Waals surface area contributed by atoms with Gasteiger partial charge < -0.3 is 15.1 Å². The van der Waals surface area contributed by atoms with Crippen LogP contribution in [0.2, 0.25) is 0 Å². The van der Waals surface area contributed by atoms with Gasteiger partial charge in [-0.1, -0.05) is 18.2 Å². The van der Waals surface area contributed by atoms with E-state index in [1.807, 2.05) is 7.05 Å². The van der Waals surface area contributed by atoms with Gasteiger partial charge in [-0.25, -0.2) is 0 Å². The third-order valence-corrected chi connectivity index (χ3v) is 4.21. The highest BCUT2D eigenvalue weighted by molar-refractivity contribution is 5.35. The van der Waals surface area contributed by atoms with E-state index in [1.54, 1.807) is 0 Å². The second-order valence-electron chi connectivity index (χ2n) is 5.54. The first-order chi connectivity index (χ1) is 9.24. The van der Waals surface area contributed by atoms with Crippen LogP contribution in [0, 0.1) is 0 Å². The molecular formula is C16H25NO2. The molecule has 2 rings (SSSR count). The summed E-state index contributed by atoms with van der Waals surface area (Å²) < 4.78 is 0. The van der Waals surface area contributed by atoms with E-state index in [0.29, 0.717) is 6.42 Å². The summed E-state index contributed by atoms with van der Waals surface area (Å²) in [7, 11) is 2.02. The molecule has 1 unspecified atom stereocenters. The fraction of sp³-hybridized carbons (Fsp3) is 0.625. The van der Waals surface area contributed by atoms with Gasteiger partial charge in [0.2, 0.25) is 0 Å². The summed E-state index contributed by atoms with van der Waals surface area (Å²) in [4.78, 5) is 2.14. The van der Waals surface area contributed by atoms with Crippen LogP contribution in [-0.4, -0.2) is 48.0 Å². The Morgan fingerprint density at radius 1 is 1.21 bits per heavy atom. The van der Waals surface area contributed by atoms with Gasteiger partial charge in [0.1, 0.15) is 0 Å². The third kappa shape index (κ3) is 3.78. The SMILES string of the molecule is CN(CCc1ccc2c(c1)CCC2)C(CO)CCO. The number of rotatable bonds is 7. The van der Waals surface area contributed by atoms with E-state index >= 15 is 0 Å². The molecular weight excluding hydrogens is 238 g/mol. The summed E-state index contributed by atoms with van der Waals surface area (Å²) in [5, 5.41) is 18.3. The van der Waals surface area contributed by atoms with E-state index in [9.17, 15) is 5.11 Å². The molecule has 0 aromatic heterocycles. The molecule has 19 heavy (non-hydrogen) atoms. The van der Waals surface area contributed by atoms with Crippen LogP contribution >= 0.6 is 0 Å². The van der Waals surface area contributed by atoms with Crippen molar-refractivity contribution in [2.45, 2.75) is 38.1 Å². The van der Waals surface area contributed by atoms with Crippen molar-refractivity contribution >= 4 is 0 Å². The molecule has 0 aliphatic heterocycles. The largest absolute Gasteiger partial charge is 0.396 e. The molecule has 0 amide bonds. The minimum Gasteiger partial charge on any atom is -0.396 e. The number of nitrogens with zero attached hydrogens (tertiary/aromatic N) is 1. The van der Waals surface area contributed by atoms with Crippen molar-refractivity contribution in [3.05, 3.63) is 34.9 Å². The zero-order chi connectivity index (χ0) is 13.7. The monoisotopic (exact) mass is 263 g/mol. The summed E-state index contributed by atoms with van der Waals surface area (Å²) in [5.41, 5.74) is 4.42. The molecule has 1 atom stereocenters. The number of aliphatic hydroxyl groups excluding tert-OH is 2. The van der Waals surface area contributed by atoms with E-state index in [2.05, 4.69) is 23.1 Å². The maximum Gasteiger partial charge on any atom is 0.0587 e. The van der Waals surface area contributed by atoms with Crippen molar-refractivity contribution in [3.63, 3.8) is 0 Å². The number of likely N-dealkylation sites (N-methyl/N-ethyl adjacent to an activating group) is 1. The highest BCUT2D eigenvalue weighted by atomic mass is 16.3. The molecule has 1 aromatic carbocycles. The van der Waals surface area contributed by atoms with Gasteiger partial charge in [-0.3, -0.25) is 0 Å². The number of fused-ring (bicyclic) bond motifs is 1. The lowest BCUT2D eigenvalue weighted by Crippen LogP contribution is -2.36. The molecule has 2 N–H and O–H groups in total. The quantitative estimate of drug-likeness (QED) is 0.781. The highest BCUT2D eigenvalue weighted by Crippen LogP contribution is 2.23. The van der Waals surface area contributed by atoms with Crippen LogP contribution in [0.15, 0.2) is 18.2 Å². The first-order valence-electron chi connectivity index (χ1n) is 7.27. The molecule has 3 nitrogen and oxygen atoms in total. The van der Waals surface area contributed by atoms with E-state index in [0.717, 1.165) is 13.0 Å². The van der Waals surface area contributed by atoms with Crippen molar-refractivity contribution in [3.8, 4) is 0 Å². The molecule has 0 spiro atoms. The van der Waals surface area contributed by atoms with Crippen molar-refractivity contribution < 1.29 is 10.2 Å². The number of hydrogen-bond acceptors (Lipinski definition) is 3. The van der Waals surface area contributed by atoms with Gasteiger partial charge in [-0.15, -0.1) is 0 Å². The fourth-order valence-corrected chi connectivity index (χ4v) is 2.87. The average Bonchev–Trinajstić information content (AvgIpc) is 2.89. The molecule has 0 radical (unpaired) electrons. The molecule has 106 valence electrons. The molecule has 1 aromatic rings. The lowest BCUT2D eigenvalue weighted by molar-refractivity contribution is 0.120. The first-order valence-corrected chi connectivity index (χ1v) is 7.27. The van der Waals surface area contributed by atoms with Crippen LogP contribution in [0.25, 0.3) is 0 Å². The van der Waals surface area contributed by atoms with Crippen molar-refractivity contribution in [2.24, 2.45) is 0 Å². The van der Waals surface area contributed by atoms with E-state index in [1.165, 1.54) is 36.0 Å². The summed E-state index contributed by atoms with van der Waals surface area (Å²) in [6, 6.07) is 6.92. The standard InChI is InChI=1S/C16H25NO2/c1-17(16(12-19)8-10-18)9-7-13-5-6-14-3-2-4-15(14)11-13/h5-6,11,16,18-19H,2-4,7-10,12H2,1H3. The Kier molecular flexibility index (Phi) is 5.37. The van der Waals surface area contributed by atoms with Gasteiger partial charge in [-0.05, 0) is 55.8 Å². The Labute approximate surface area is 115 Å². The number of benzene rings is 1. The number of aryl methyl sites for hydroxylation is 2. The Morgan fingerprint density at radius 2 is 2.00 bits per heavy atom. The summed E-state index contributed by atoms with van der Waals surface area (Å²) in [5.74, 6) is 0. The zero-order valence-electron chi connectivity index (χ0n) is 11.8. The summed E-state index contributed by atoms with van der Waals surface area (Å²) in [6.07, 6.45) is 5.39. The van der Waals surface area contributed by atoms with Crippen molar-refractivity contribution in [1.29, 1.82) is 0 Å². The summed E-state index contributed by atoms with van der Waals surface area (Å²) >= 11 is 0. The Balaban J connectivity index is 1.87. The van der Waals surface area contributed by atoms with Crippen LogP contribution in [0.5, 0.6) is 0 Å². The Morgan fingerprint density at radius 3 is 2.74 bits per heavy atom. The zero-order valence-corrected chi connectivity index (χ0v) is 11.8. The van der Waals surface area contributed by atoms with Gasteiger partial charge in [0.05, 0.1) is 6.61 Å². The second-order valence-corrected chi connectivity index (χ2v) is 5.54. The van der Waals surface area contributed by atoms with Gasteiger partial charge in [0.15, 0.2) is 0 Å². The second kappa shape index (κ2) is 7.04. The van der Waals surface area contributed by atoms with Crippen LogP contribution in [0.4, 0.5) is 0 Å². The molecule has 0 heterocycles. The minimum atomic E-state index is 0.0689. The molecule has 3 heteroatoms. The Hall–Kier alpha value is -0.900. The van der Waals surface area contributed by atoms with Crippen LogP contribution in [0.1, 0.15) is 29.5 Å². The van der Waals surface area contributed by atoms with Gasteiger partial charge in [0, 0.05) is 19.2 Å². The predicted octanol–water partition coefficient (Wildman–Crippen LogP) is 1.39. The first kappa shape index (κ1) is 14.5. The maximum atomic E-state index is 9.30. The topological polar surface area (TPSA) is 43.7 Å². The summed E-state index contributed by atoms with van der Waals surface area (Å²) in [6.45, 7) is 1.17.